The number of aromatic amines is 1. The van der Waals surface area contributed by atoms with Crippen molar-refractivity contribution in [3.8, 4) is 0 Å². The summed E-state index contributed by atoms with van der Waals surface area (Å²) in [7, 11) is -3.01. The summed E-state index contributed by atoms with van der Waals surface area (Å²) in [6, 6.07) is 19.6. The molecular weight excluding hydrogens is 480 g/mol. The zero-order valence-corrected chi connectivity index (χ0v) is 22.5. The predicted molar refractivity (Wildman–Crippen MR) is 144 cm³/mol. The van der Waals surface area contributed by atoms with Crippen LogP contribution in [0.2, 0.25) is 5.04 Å². The van der Waals surface area contributed by atoms with Crippen molar-refractivity contribution in [2.75, 3.05) is 13.2 Å². The average molecular weight is 514 g/mol. The maximum Gasteiger partial charge on any atom is 0.281 e. The van der Waals surface area contributed by atoms with E-state index < -0.39 is 27.4 Å². The number of hydrogen-bond acceptors (Lipinski definition) is 4. The topological polar surface area (TPSA) is 49.9 Å². The number of fused-ring (bicyclic) bond motifs is 1. The van der Waals surface area contributed by atoms with Crippen LogP contribution in [0.5, 0.6) is 0 Å². The Bertz CT molecular complexity index is 1180. The van der Waals surface area contributed by atoms with E-state index in [1.165, 1.54) is 0 Å². The van der Waals surface area contributed by atoms with E-state index in [1.807, 2.05) is 73.8 Å². The van der Waals surface area contributed by atoms with Crippen LogP contribution >= 0.6 is 11.3 Å². The molecule has 0 aliphatic carbocycles. The lowest BCUT2D eigenvalue weighted by Crippen LogP contribution is -2.67. The van der Waals surface area contributed by atoms with Crippen molar-refractivity contribution in [3.63, 3.8) is 0 Å². The second-order valence-electron chi connectivity index (χ2n) is 10.1. The van der Waals surface area contributed by atoms with Crippen LogP contribution in [0, 0.1) is 0 Å². The number of H-pyrrole nitrogens is 1. The van der Waals surface area contributed by atoms with Crippen molar-refractivity contribution < 1.29 is 13.2 Å². The fourth-order valence-electron chi connectivity index (χ4n) is 4.71. The fraction of sp³-hybridized carbons (Fsp3) is 0.370. The van der Waals surface area contributed by atoms with Gasteiger partial charge in [0.15, 0.2) is 0 Å². The van der Waals surface area contributed by atoms with Gasteiger partial charge in [-0.2, -0.15) is 0 Å². The molecule has 2 aromatic carbocycles. The van der Waals surface area contributed by atoms with Crippen molar-refractivity contribution in [2.45, 2.75) is 51.1 Å². The van der Waals surface area contributed by atoms with E-state index in [1.54, 1.807) is 16.8 Å². The van der Waals surface area contributed by atoms with E-state index in [9.17, 15) is 0 Å². The van der Waals surface area contributed by atoms with Crippen LogP contribution in [-0.2, 0) is 10.8 Å². The molecule has 186 valence electrons. The number of halogens is 2. The molecule has 1 atom stereocenters. The molecule has 0 amide bonds. The van der Waals surface area contributed by atoms with Gasteiger partial charge in [0.1, 0.15) is 10.3 Å². The van der Waals surface area contributed by atoms with E-state index in [4.69, 9.17) is 4.43 Å². The van der Waals surface area contributed by atoms with E-state index in [0.29, 0.717) is 6.42 Å². The standard InChI is InChI=1S/C27H33F2N3OSSi/c1-20(15-21-16-30-25-24(21)32-19-34-25)31-17-27(28,29)18-33-35(26(2,3)4,22-11-7-5-8-12-22)23-13-9-6-10-14-23/h5-14,16,19-20,30-31H,15,17-18H2,1-4H3. The number of rotatable bonds is 10. The second-order valence-corrected chi connectivity index (χ2v) is 15.3. The van der Waals surface area contributed by atoms with E-state index in [2.05, 4.69) is 36.1 Å². The molecule has 2 heterocycles. The van der Waals surface area contributed by atoms with Gasteiger partial charge in [-0.15, -0.1) is 11.3 Å². The average Bonchev–Trinajstić information content (AvgIpc) is 3.44. The van der Waals surface area contributed by atoms with Gasteiger partial charge in [-0.3, -0.25) is 0 Å². The first-order valence-electron chi connectivity index (χ1n) is 11.9. The molecule has 0 radical (unpaired) electrons. The summed E-state index contributed by atoms with van der Waals surface area (Å²) in [6.45, 7) is 7.11. The molecule has 4 nitrogen and oxygen atoms in total. The number of aromatic nitrogens is 2. The summed E-state index contributed by atoms with van der Waals surface area (Å²) in [5, 5.41) is 4.66. The molecular formula is C27H33F2N3OSSi. The summed E-state index contributed by atoms with van der Waals surface area (Å²) in [6.07, 6.45) is 2.53. The number of nitrogens with zero attached hydrogens (tertiary/aromatic N) is 1. The molecule has 4 rings (SSSR count). The monoisotopic (exact) mass is 513 g/mol. The lowest BCUT2D eigenvalue weighted by Gasteiger charge is -2.43. The summed E-state index contributed by atoms with van der Waals surface area (Å²) < 4.78 is 36.9. The van der Waals surface area contributed by atoms with Gasteiger partial charge in [0.05, 0.1) is 18.7 Å². The number of alkyl halides is 2. The fourth-order valence-corrected chi connectivity index (χ4v) is 9.98. The van der Waals surface area contributed by atoms with E-state index in [-0.39, 0.29) is 11.1 Å². The maximum atomic E-state index is 15.2. The van der Waals surface area contributed by atoms with Crippen LogP contribution in [0.4, 0.5) is 8.78 Å². The molecule has 0 saturated carbocycles. The second kappa shape index (κ2) is 10.3. The SMILES string of the molecule is CC(Cc1c[nH]c2scnc12)NCC(F)(F)CO[Si](c1ccccc1)(c1ccccc1)C(C)(C)C. The van der Waals surface area contributed by atoms with Gasteiger partial charge >= 0.3 is 0 Å². The molecule has 0 bridgehead atoms. The molecule has 2 aromatic heterocycles. The molecule has 8 heteroatoms. The smallest absolute Gasteiger partial charge is 0.281 e. The number of benzene rings is 2. The highest BCUT2D eigenvalue weighted by atomic mass is 32.1. The van der Waals surface area contributed by atoms with Gasteiger partial charge < -0.3 is 14.7 Å². The Labute approximate surface area is 210 Å². The van der Waals surface area contributed by atoms with Gasteiger partial charge in [-0.05, 0) is 34.3 Å². The first kappa shape index (κ1) is 25.7. The summed E-state index contributed by atoms with van der Waals surface area (Å²) in [5.74, 6) is -3.02. The van der Waals surface area contributed by atoms with Gasteiger partial charge in [0.2, 0.25) is 0 Å². The van der Waals surface area contributed by atoms with Crippen molar-refractivity contribution in [1.82, 2.24) is 15.3 Å². The largest absolute Gasteiger partial charge is 0.401 e. The van der Waals surface area contributed by atoms with E-state index >= 15 is 8.78 Å². The van der Waals surface area contributed by atoms with Crippen molar-refractivity contribution >= 4 is 40.4 Å². The molecule has 0 fully saturated rings. The van der Waals surface area contributed by atoms with Gasteiger partial charge in [-0.25, -0.2) is 13.8 Å². The molecule has 0 aliphatic rings. The Hall–Kier alpha value is -2.39. The molecule has 35 heavy (non-hydrogen) atoms. The van der Waals surface area contributed by atoms with Crippen molar-refractivity contribution in [3.05, 3.63) is 77.9 Å². The first-order valence-corrected chi connectivity index (χ1v) is 14.7. The summed E-state index contributed by atoms with van der Waals surface area (Å²) in [4.78, 5) is 8.58. The van der Waals surface area contributed by atoms with Crippen molar-refractivity contribution in [1.29, 1.82) is 0 Å². The van der Waals surface area contributed by atoms with Gasteiger partial charge in [-0.1, -0.05) is 81.4 Å². The normalized spacial score (nSPS) is 13.9. The van der Waals surface area contributed by atoms with E-state index in [0.717, 1.165) is 26.3 Å². The molecule has 0 saturated heterocycles. The first-order chi connectivity index (χ1) is 16.6. The van der Waals surface area contributed by atoms with Crippen molar-refractivity contribution in [2.24, 2.45) is 0 Å². The molecule has 2 N–H and O–H groups in total. The third-order valence-electron chi connectivity index (χ3n) is 6.40. The Kier molecular flexibility index (Phi) is 7.56. The minimum Gasteiger partial charge on any atom is -0.401 e. The van der Waals surface area contributed by atoms with Crippen LogP contribution in [0.1, 0.15) is 33.3 Å². The Balaban J connectivity index is 1.50. The zero-order chi connectivity index (χ0) is 25.1. The highest BCUT2D eigenvalue weighted by Gasteiger charge is 2.51. The Morgan fingerprint density at radius 1 is 1.03 bits per heavy atom. The van der Waals surface area contributed by atoms with Crippen LogP contribution in [0.15, 0.2) is 72.4 Å². The molecule has 4 aromatic rings. The summed E-state index contributed by atoms with van der Waals surface area (Å²) >= 11 is 1.54. The number of thiazole rings is 1. The number of hydrogen-bond donors (Lipinski definition) is 2. The third kappa shape index (κ3) is 5.56. The van der Waals surface area contributed by atoms with Crippen LogP contribution in [0.3, 0.4) is 0 Å². The van der Waals surface area contributed by atoms with Gasteiger partial charge in [0, 0.05) is 12.2 Å². The minimum absolute atomic E-state index is 0.130. The maximum absolute atomic E-state index is 15.2. The molecule has 1 unspecified atom stereocenters. The Morgan fingerprint density at radius 3 is 2.20 bits per heavy atom. The zero-order valence-electron chi connectivity index (χ0n) is 20.6. The lowest BCUT2D eigenvalue weighted by molar-refractivity contribution is -0.0433. The predicted octanol–water partition coefficient (Wildman–Crippen LogP) is 5.36. The third-order valence-corrected chi connectivity index (χ3v) is 12.1. The quantitative estimate of drug-likeness (QED) is 0.281. The lowest BCUT2D eigenvalue weighted by atomic mass is 10.1. The summed E-state index contributed by atoms with van der Waals surface area (Å²) in [5.41, 5.74) is 3.75. The minimum atomic E-state index is -3.02. The van der Waals surface area contributed by atoms with Gasteiger partial charge in [0.25, 0.3) is 14.2 Å². The molecule has 0 spiro atoms. The molecule has 0 aliphatic heterocycles. The number of nitrogens with one attached hydrogen (secondary N) is 2. The highest BCUT2D eigenvalue weighted by molar-refractivity contribution is 7.16. The highest BCUT2D eigenvalue weighted by Crippen LogP contribution is 2.37. The van der Waals surface area contributed by atoms with Crippen LogP contribution in [-0.4, -0.2) is 43.4 Å². The van der Waals surface area contributed by atoms with Crippen LogP contribution in [0.25, 0.3) is 10.3 Å². The van der Waals surface area contributed by atoms with Crippen LogP contribution < -0.4 is 15.7 Å². The Morgan fingerprint density at radius 2 is 1.63 bits per heavy atom.